The number of amides is 2. The molecule has 0 bridgehead atoms. The van der Waals surface area contributed by atoms with Gasteiger partial charge in [-0.25, -0.2) is 0 Å². The van der Waals surface area contributed by atoms with Crippen molar-refractivity contribution in [3.05, 3.63) is 48.0 Å². The van der Waals surface area contributed by atoms with Gasteiger partial charge < -0.3 is 21.1 Å². The average Bonchev–Trinajstić information content (AvgIpc) is 2.60. The zero-order valence-electron chi connectivity index (χ0n) is 15.4. The Labute approximate surface area is 169 Å². The van der Waals surface area contributed by atoms with Crippen molar-refractivity contribution < 1.29 is 14.3 Å². The van der Waals surface area contributed by atoms with E-state index in [0.29, 0.717) is 22.7 Å². The highest BCUT2D eigenvalue weighted by Gasteiger charge is 2.14. The number of nitrogens with two attached hydrogens (primary N) is 1. The highest BCUT2D eigenvalue weighted by atomic mass is 35.5. The van der Waals surface area contributed by atoms with E-state index in [2.05, 4.69) is 10.6 Å². The van der Waals surface area contributed by atoms with Gasteiger partial charge in [0.25, 0.3) is 5.91 Å². The average molecular weight is 410 g/mol. The van der Waals surface area contributed by atoms with E-state index in [-0.39, 0.29) is 36.0 Å². The monoisotopic (exact) mass is 409 g/mol. The van der Waals surface area contributed by atoms with Gasteiger partial charge in [0.05, 0.1) is 24.1 Å². The van der Waals surface area contributed by atoms with E-state index in [4.69, 9.17) is 10.5 Å². The van der Waals surface area contributed by atoms with Crippen LogP contribution in [0.1, 0.15) is 24.2 Å². The molecule has 2 amide bonds. The van der Waals surface area contributed by atoms with Crippen molar-refractivity contribution in [3.8, 4) is 5.75 Å². The first kappa shape index (κ1) is 22.7. The zero-order valence-corrected chi connectivity index (χ0v) is 17.1. The van der Waals surface area contributed by atoms with Gasteiger partial charge in [-0.1, -0.05) is 12.1 Å². The maximum Gasteiger partial charge on any atom is 0.256 e. The number of anilines is 2. The topological polar surface area (TPSA) is 93.4 Å². The van der Waals surface area contributed by atoms with Gasteiger partial charge in [0.2, 0.25) is 5.91 Å². The van der Waals surface area contributed by atoms with Crippen LogP contribution in [0, 0.1) is 0 Å². The van der Waals surface area contributed by atoms with E-state index in [1.54, 1.807) is 30.3 Å². The first-order valence-corrected chi connectivity index (χ1v) is 9.15. The Balaban J connectivity index is 0.00000364. The minimum atomic E-state index is -0.262. The Bertz CT molecular complexity index is 800. The number of rotatable bonds is 7. The van der Waals surface area contributed by atoms with E-state index in [0.717, 1.165) is 4.90 Å². The fourth-order valence-electron chi connectivity index (χ4n) is 2.30. The van der Waals surface area contributed by atoms with Crippen LogP contribution in [0.2, 0.25) is 0 Å². The Morgan fingerprint density at radius 1 is 1.19 bits per heavy atom. The lowest BCUT2D eigenvalue weighted by Crippen LogP contribution is -2.31. The Morgan fingerprint density at radius 2 is 1.89 bits per heavy atom. The summed E-state index contributed by atoms with van der Waals surface area (Å²) in [4.78, 5) is 25.2. The molecule has 2 aromatic rings. The molecule has 0 atom stereocenters. The third kappa shape index (κ3) is 6.69. The van der Waals surface area contributed by atoms with Crippen LogP contribution in [0.15, 0.2) is 47.4 Å². The number of nitrogens with one attached hydrogen (secondary N) is 2. The molecule has 0 aromatic heterocycles. The Kier molecular flexibility index (Phi) is 8.97. The summed E-state index contributed by atoms with van der Waals surface area (Å²) in [5.41, 5.74) is 7.39. The maximum atomic E-state index is 12.6. The third-order valence-electron chi connectivity index (χ3n) is 3.43. The van der Waals surface area contributed by atoms with Crippen LogP contribution in [-0.2, 0) is 4.79 Å². The summed E-state index contributed by atoms with van der Waals surface area (Å²) in [6.45, 7) is 3.81. The number of carbonyl (C=O) groups excluding carboxylic acids is 2. The number of hydrogen-bond donors (Lipinski definition) is 3. The van der Waals surface area contributed by atoms with Gasteiger partial charge in [0.1, 0.15) is 5.75 Å². The van der Waals surface area contributed by atoms with E-state index in [1.807, 2.05) is 26.0 Å². The summed E-state index contributed by atoms with van der Waals surface area (Å²) < 4.78 is 5.11. The summed E-state index contributed by atoms with van der Waals surface area (Å²) in [6, 6.07) is 12.3. The number of hydrogen-bond acceptors (Lipinski definition) is 5. The molecule has 8 heteroatoms. The standard InChI is InChI=1S/C19H23N3O3S.ClH/c1-12(2)21-18(23)11-26-17-7-5-4-6-14(17)19(24)22-13-8-9-16(25-3)15(20)10-13;/h4-10,12H,11,20H2,1-3H3,(H,21,23)(H,22,24);1H. The SMILES string of the molecule is COc1ccc(NC(=O)c2ccccc2SCC(=O)NC(C)C)cc1N.Cl. The summed E-state index contributed by atoms with van der Waals surface area (Å²) in [6.07, 6.45) is 0. The number of carbonyl (C=O) groups is 2. The van der Waals surface area contributed by atoms with Gasteiger partial charge in [0, 0.05) is 16.6 Å². The van der Waals surface area contributed by atoms with Crippen molar-refractivity contribution in [3.63, 3.8) is 0 Å². The summed E-state index contributed by atoms with van der Waals surface area (Å²) in [5, 5.41) is 5.65. The number of nitrogen functional groups attached to an aromatic ring is 1. The fraction of sp³-hybridized carbons (Fsp3) is 0.263. The van der Waals surface area contributed by atoms with Gasteiger partial charge in [-0.2, -0.15) is 0 Å². The molecule has 0 aliphatic carbocycles. The molecule has 0 saturated heterocycles. The molecule has 0 spiro atoms. The van der Waals surface area contributed by atoms with Crippen molar-refractivity contribution in [1.29, 1.82) is 0 Å². The molecule has 0 aliphatic heterocycles. The van der Waals surface area contributed by atoms with Crippen LogP contribution < -0.4 is 21.1 Å². The molecule has 6 nitrogen and oxygen atoms in total. The van der Waals surface area contributed by atoms with Crippen LogP contribution in [0.4, 0.5) is 11.4 Å². The van der Waals surface area contributed by atoms with Gasteiger partial charge in [-0.15, -0.1) is 24.2 Å². The number of benzene rings is 2. The normalized spacial score (nSPS) is 10.1. The minimum Gasteiger partial charge on any atom is -0.495 e. The molecule has 2 aromatic carbocycles. The predicted molar refractivity (Wildman–Crippen MR) is 113 cm³/mol. The molecule has 0 radical (unpaired) electrons. The lowest BCUT2D eigenvalue weighted by atomic mass is 10.2. The molecular formula is C19H24ClN3O3S. The molecule has 0 fully saturated rings. The largest absolute Gasteiger partial charge is 0.495 e. The Morgan fingerprint density at radius 3 is 2.52 bits per heavy atom. The van der Waals surface area contributed by atoms with Crippen molar-refractivity contribution in [2.24, 2.45) is 0 Å². The van der Waals surface area contributed by atoms with E-state index >= 15 is 0 Å². The Hall–Kier alpha value is -2.38. The van der Waals surface area contributed by atoms with Gasteiger partial charge in [-0.05, 0) is 44.2 Å². The molecule has 0 unspecified atom stereocenters. The quantitative estimate of drug-likeness (QED) is 0.480. The van der Waals surface area contributed by atoms with Crippen molar-refractivity contribution in [1.82, 2.24) is 5.32 Å². The molecule has 4 N–H and O–H groups in total. The van der Waals surface area contributed by atoms with Crippen LogP contribution >= 0.6 is 24.2 Å². The lowest BCUT2D eigenvalue weighted by Gasteiger charge is -2.12. The van der Waals surface area contributed by atoms with Crippen LogP contribution in [0.25, 0.3) is 0 Å². The second-order valence-electron chi connectivity index (χ2n) is 5.92. The molecule has 2 rings (SSSR count). The van der Waals surface area contributed by atoms with Gasteiger partial charge >= 0.3 is 0 Å². The van der Waals surface area contributed by atoms with Gasteiger partial charge in [0.15, 0.2) is 0 Å². The zero-order chi connectivity index (χ0) is 19.1. The molecule has 27 heavy (non-hydrogen) atoms. The maximum absolute atomic E-state index is 12.6. The van der Waals surface area contributed by atoms with E-state index in [1.165, 1.54) is 18.9 Å². The number of methoxy groups -OCH3 is 1. The van der Waals surface area contributed by atoms with Crippen LogP contribution in [-0.4, -0.2) is 30.7 Å². The van der Waals surface area contributed by atoms with Crippen molar-refractivity contribution in [2.45, 2.75) is 24.8 Å². The number of thioether (sulfide) groups is 1. The van der Waals surface area contributed by atoms with Crippen LogP contribution in [0.3, 0.4) is 0 Å². The minimum absolute atomic E-state index is 0. The highest BCUT2D eigenvalue weighted by molar-refractivity contribution is 8.00. The van der Waals surface area contributed by atoms with Crippen LogP contribution in [0.5, 0.6) is 5.75 Å². The molecule has 0 aliphatic rings. The van der Waals surface area contributed by atoms with E-state index in [9.17, 15) is 9.59 Å². The molecular weight excluding hydrogens is 386 g/mol. The number of ether oxygens (including phenoxy) is 1. The first-order valence-electron chi connectivity index (χ1n) is 8.16. The van der Waals surface area contributed by atoms with Crippen molar-refractivity contribution in [2.75, 3.05) is 23.9 Å². The second kappa shape index (κ2) is 10.7. The van der Waals surface area contributed by atoms with Crippen molar-refractivity contribution >= 4 is 47.4 Å². The molecule has 146 valence electrons. The summed E-state index contributed by atoms with van der Waals surface area (Å²) >= 11 is 1.33. The number of halogens is 1. The highest BCUT2D eigenvalue weighted by Crippen LogP contribution is 2.27. The summed E-state index contributed by atoms with van der Waals surface area (Å²) in [7, 11) is 1.53. The van der Waals surface area contributed by atoms with E-state index < -0.39 is 0 Å². The van der Waals surface area contributed by atoms with Gasteiger partial charge in [-0.3, -0.25) is 9.59 Å². The lowest BCUT2D eigenvalue weighted by molar-refractivity contribution is -0.119. The predicted octanol–water partition coefficient (Wildman–Crippen LogP) is 3.57. The molecule has 0 heterocycles. The third-order valence-corrected chi connectivity index (χ3v) is 4.50. The molecule has 0 saturated carbocycles. The smallest absolute Gasteiger partial charge is 0.256 e. The summed E-state index contributed by atoms with van der Waals surface area (Å²) in [5.74, 6) is 0.470. The fourth-order valence-corrected chi connectivity index (χ4v) is 3.16. The second-order valence-corrected chi connectivity index (χ2v) is 6.94. The first-order chi connectivity index (χ1) is 12.4.